The second kappa shape index (κ2) is 4.87. The molecule has 0 amide bonds. The number of nitrogens with zero attached hydrogens (tertiary/aromatic N) is 1. The zero-order chi connectivity index (χ0) is 13.1. The molecule has 1 aromatic carbocycles. The highest BCUT2D eigenvalue weighted by Gasteiger charge is 2.34. The maximum absolute atomic E-state index is 12.6. The number of ether oxygens (including phenoxy) is 1. The fourth-order valence-electron chi connectivity index (χ4n) is 1.12. The van der Waals surface area contributed by atoms with Crippen molar-refractivity contribution < 1.29 is 22.7 Å². The smallest absolute Gasteiger partial charge is 0.419 e. The summed E-state index contributed by atoms with van der Waals surface area (Å²) in [4.78, 5) is 10.7. The summed E-state index contributed by atoms with van der Waals surface area (Å²) >= 11 is 0. The first-order valence-electron chi connectivity index (χ1n) is 4.58. The normalized spacial score (nSPS) is 10.8. The molecule has 0 unspecified atom stereocenters. The molecule has 1 aromatic rings. The van der Waals surface area contributed by atoms with Gasteiger partial charge in [-0.05, 0) is 25.1 Å². The van der Waals surface area contributed by atoms with Gasteiger partial charge in [0.05, 0.1) is 17.2 Å². The lowest BCUT2D eigenvalue weighted by Gasteiger charge is -2.13. The van der Waals surface area contributed by atoms with Crippen LogP contribution in [-0.2, 0) is 11.0 Å². The molecule has 0 heterocycles. The van der Waals surface area contributed by atoms with E-state index in [1.807, 2.05) is 0 Å². The Labute approximate surface area is 95.4 Å². The van der Waals surface area contributed by atoms with E-state index in [-0.39, 0.29) is 5.56 Å². The number of nitriles is 1. The molecule has 1 rings (SSSR count). The number of hydrogen-bond donors (Lipinski definition) is 0. The lowest BCUT2D eigenvalue weighted by atomic mass is 10.1. The van der Waals surface area contributed by atoms with Gasteiger partial charge in [0.15, 0.2) is 5.78 Å². The number of carbonyl (C=O) groups excluding carboxylic acids is 1. The van der Waals surface area contributed by atoms with Gasteiger partial charge in [0.2, 0.25) is 0 Å². The van der Waals surface area contributed by atoms with Gasteiger partial charge in [-0.25, -0.2) is 0 Å². The van der Waals surface area contributed by atoms with E-state index in [2.05, 4.69) is 0 Å². The van der Waals surface area contributed by atoms with Gasteiger partial charge in [0, 0.05) is 0 Å². The van der Waals surface area contributed by atoms with E-state index in [1.165, 1.54) is 6.92 Å². The van der Waals surface area contributed by atoms with Crippen LogP contribution < -0.4 is 4.74 Å². The third-order valence-electron chi connectivity index (χ3n) is 1.85. The lowest BCUT2D eigenvalue weighted by Crippen LogP contribution is -2.12. The average Bonchev–Trinajstić information content (AvgIpc) is 2.24. The fourth-order valence-corrected chi connectivity index (χ4v) is 1.12. The van der Waals surface area contributed by atoms with Gasteiger partial charge in [-0.2, -0.15) is 18.4 Å². The van der Waals surface area contributed by atoms with E-state index >= 15 is 0 Å². The molecule has 0 aliphatic carbocycles. The second-order valence-electron chi connectivity index (χ2n) is 3.31. The predicted molar refractivity (Wildman–Crippen MR) is 52.3 cm³/mol. The summed E-state index contributed by atoms with van der Waals surface area (Å²) in [7, 11) is 0. The molecule has 3 nitrogen and oxygen atoms in total. The van der Waals surface area contributed by atoms with Gasteiger partial charge in [0.25, 0.3) is 0 Å². The Morgan fingerprint density at radius 3 is 2.59 bits per heavy atom. The monoisotopic (exact) mass is 243 g/mol. The zero-order valence-electron chi connectivity index (χ0n) is 8.84. The SMILES string of the molecule is CC(=O)COc1cc(C#N)ccc1C(F)(F)F. The molecular formula is C11H8F3NO2. The third-order valence-corrected chi connectivity index (χ3v) is 1.85. The van der Waals surface area contributed by atoms with Crippen LogP contribution in [0.5, 0.6) is 5.75 Å². The van der Waals surface area contributed by atoms with E-state index in [9.17, 15) is 18.0 Å². The van der Waals surface area contributed by atoms with Crippen molar-refractivity contribution in [1.82, 2.24) is 0 Å². The molecule has 0 radical (unpaired) electrons. The first-order valence-corrected chi connectivity index (χ1v) is 4.58. The Hall–Kier alpha value is -2.03. The van der Waals surface area contributed by atoms with Gasteiger partial charge in [0.1, 0.15) is 12.4 Å². The van der Waals surface area contributed by atoms with Crippen LogP contribution in [0.3, 0.4) is 0 Å². The summed E-state index contributed by atoms with van der Waals surface area (Å²) in [5.41, 5.74) is -0.964. The summed E-state index contributed by atoms with van der Waals surface area (Å²) < 4.78 is 42.4. The minimum atomic E-state index is -4.58. The van der Waals surface area contributed by atoms with E-state index in [0.29, 0.717) is 0 Å². The second-order valence-corrected chi connectivity index (χ2v) is 3.31. The van der Waals surface area contributed by atoms with Gasteiger partial charge in [-0.15, -0.1) is 0 Å². The molecule has 0 saturated carbocycles. The Morgan fingerprint density at radius 1 is 1.47 bits per heavy atom. The number of Topliss-reactive ketones (excluding diaryl/α,β-unsaturated/α-hetero) is 1. The highest BCUT2D eigenvalue weighted by molar-refractivity contribution is 5.77. The van der Waals surface area contributed by atoms with E-state index < -0.39 is 29.9 Å². The number of benzene rings is 1. The summed E-state index contributed by atoms with van der Waals surface area (Å²) in [6, 6.07) is 4.47. The number of hydrogen-bond acceptors (Lipinski definition) is 3. The van der Waals surface area contributed by atoms with Crippen LogP contribution in [0.15, 0.2) is 18.2 Å². The summed E-state index contributed by atoms with van der Waals surface area (Å²) in [5, 5.41) is 8.58. The molecule has 0 aromatic heterocycles. The first kappa shape index (κ1) is 13.0. The largest absolute Gasteiger partial charge is 0.485 e. The van der Waals surface area contributed by atoms with Crippen LogP contribution in [0.4, 0.5) is 13.2 Å². The van der Waals surface area contributed by atoms with Gasteiger partial charge >= 0.3 is 6.18 Å². The number of rotatable bonds is 3. The van der Waals surface area contributed by atoms with Crippen molar-refractivity contribution in [3.05, 3.63) is 29.3 Å². The topological polar surface area (TPSA) is 50.1 Å². The fraction of sp³-hybridized carbons (Fsp3) is 0.273. The van der Waals surface area contributed by atoms with Crippen LogP contribution in [0.1, 0.15) is 18.1 Å². The first-order chi connectivity index (χ1) is 7.84. The Morgan fingerprint density at radius 2 is 2.12 bits per heavy atom. The molecule has 0 atom stereocenters. The average molecular weight is 243 g/mol. The van der Waals surface area contributed by atoms with Crippen LogP contribution in [0.2, 0.25) is 0 Å². The number of carbonyl (C=O) groups is 1. The Bertz CT molecular complexity index is 475. The molecule has 0 bridgehead atoms. The Kier molecular flexibility index (Phi) is 3.73. The molecule has 0 aliphatic heterocycles. The van der Waals surface area contributed by atoms with Crippen molar-refractivity contribution in [2.24, 2.45) is 0 Å². The van der Waals surface area contributed by atoms with Gasteiger partial charge in [-0.1, -0.05) is 0 Å². The quantitative estimate of drug-likeness (QED) is 0.819. The standard InChI is InChI=1S/C11H8F3NO2/c1-7(16)6-17-10-4-8(5-15)2-3-9(10)11(12,13)14/h2-4H,6H2,1H3. The van der Waals surface area contributed by atoms with Gasteiger partial charge < -0.3 is 4.74 Å². The highest BCUT2D eigenvalue weighted by Crippen LogP contribution is 2.36. The Balaban J connectivity index is 3.13. The van der Waals surface area contributed by atoms with Crippen molar-refractivity contribution in [2.45, 2.75) is 13.1 Å². The summed E-state index contributed by atoms with van der Waals surface area (Å²) in [5.74, 6) is -0.910. The van der Waals surface area contributed by atoms with Crippen molar-refractivity contribution >= 4 is 5.78 Å². The van der Waals surface area contributed by atoms with Crippen LogP contribution >= 0.6 is 0 Å². The number of halogens is 3. The predicted octanol–water partition coefficient (Wildman–Crippen LogP) is 2.54. The van der Waals surface area contributed by atoms with Gasteiger partial charge in [-0.3, -0.25) is 4.79 Å². The minimum absolute atomic E-state index is 0.0385. The molecule has 0 spiro atoms. The molecule has 6 heteroatoms. The van der Waals surface area contributed by atoms with E-state index in [0.717, 1.165) is 18.2 Å². The minimum Gasteiger partial charge on any atom is -0.485 e. The number of alkyl halides is 3. The molecule has 90 valence electrons. The zero-order valence-corrected chi connectivity index (χ0v) is 8.84. The van der Waals surface area contributed by atoms with Crippen molar-refractivity contribution in [3.8, 4) is 11.8 Å². The van der Waals surface area contributed by atoms with Crippen LogP contribution in [-0.4, -0.2) is 12.4 Å². The maximum Gasteiger partial charge on any atom is 0.419 e. The van der Waals surface area contributed by atoms with Crippen LogP contribution in [0.25, 0.3) is 0 Å². The summed E-state index contributed by atoms with van der Waals surface area (Å²) in [6.45, 7) is 0.735. The molecule has 0 aliphatic rings. The highest BCUT2D eigenvalue weighted by atomic mass is 19.4. The van der Waals surface area contributed by atoms with E-state index in [4.69, 9.17) is 10.00 Å². The lowest BCUT2D eigenvalue weighted by molar-refractivity contribution is -0.139. The van der Waals surface area contributed by atoms with Crippen LogP contribution in [0, 0.1) is 11.3 Å². The number of ketones is 1. The summed E-state index contributed by atoms with van der Waals surface area (Å²) in [6.07, 6.45) is -4.58. The third kappa shape index (κ3) is 3.48. The molecule has 0 saturated heterocycles. The molecule has 0 fully saturated rings. The van der Waals surface area contributed by atoms with Crippen molar-refractivity contribution in [1.29, 1.82) is 5.26 Å². The molecule has 17 heavy (non-hydrogen) atoms. The molecular weight excluding hydrogens is 235 g/mol. The van der Waals surface area contributed by atoms with Crippen molar-refractivity contribution in [3.63, 3.8) is 0 Å². The maximum atomic E-state index is 12.6. The van der Waals surface area contributed by atoms with E-state index in [1.54, 1.807) is 6.07 Å². The van der Waals surface area contributed by atoms with Crippen molar-refractivity contribution in [2.75, 3.05) is 6.61 Å². The molecule has 0 N–H and O–H groups in total.